The molecule has 1 saturated carbocycles. The lowest BCUT2D eigenvalue weighted by molar-refractivity contribution is -0.188. The average Bonchev–Trinajstić information content (AvgIpc) is 4.12. The molecule has 1 atom stereocenters. The number of methoxy groups -OCH3 is 1. The summed E-state index contributed by atoms with van der Waals surface area (Å²) in [5, 5.41) is 11.9. The maximum absolute atomic E-state index is 15.8. The second kappa shape index (κ2) is 19.5. The fourth-order valence-corrected chi connectivity index (χ4v) is 10.1. The summed E-state index contributed by atoms with van der Waals surface area (Å²) >= 11 is 0. The second-order valence-corrected chi connectivity index (χ2v) is 19.0. The van der Waals surface area contributed by atoms with E-state index in [1.807, 2.05) is 18.2 Å². The fourth-order valence-electron chi connectivity index (χ4n) is 10.1. The molecule has 370 valence electrons. The third-order valence-electron chi connectivity index (χ3n) is 14.4. The minimum absolute atomic E-state index is 0.0828. The van der Waals surface area contributed by atoms with Gasteiger partial charge in [-0.1, -0.05) is 6.07 Å². The van der Waals surface area contributed by atoms with E-state index in [4.69, 9.17) is 9.47 Å². The Morgan fingerprint density at radius 2 is 1.58 bits per heavy atom. The average molecular weight is 974 g/mol. The minimum atomic E-state index is -3.00. The van der Waals surface area contributed by atoms with Gasteiger partial charge in [0.15, 0.2) is 0 Å². The summed E-state index contributed by atoms with van der Waals surface area (Å²) in [6.45, 7) is 2.95. The molecule has 5 aromatic rings. The number of pyridine rings is 1. The van der Waals surface area contributed by atoms with Crippen molar-refractivity contribution < 1.29 is 46.6 Å². The number of anilines is 4. The van der Waals surface area contributed by atoms with Crippen molar-refractivity contribution in [3.63, 3.8) is 0 Å². The van der Waals surface area contributed by atoms with Crippen LogP contribution in [0.15, 0.2) is 91.1 Å². The van der Waals surface area contributed by atoms with Crippen molar-refractivity contribution in [2.24, 2.45) is 11.3 Å². The molecule has 16 nitrogen and oxygen atoms in total. The Bertz CT molecular complexity index is 2870. The van der Waals surface area contributed by atoms with Crippen LogP contribution < -0.4 is 35.6 Å². The van der Waals surface area contributed by atoms with Crippen LogP contribution in [-0.4, -0.2) is 121 Å². The number of carbonyl (C=O) groups is 5. The Balaban J connectivity index is 0.697. The van der Waals surface area contributed by atoms with Gasteiger partial charge in [0.25, 0.3) is 5.91 Å². The van der Waals surface area contributed by atoms with E-state index in [1.54, 1.807) is 60.7 Å². The largest absolute Gasteiger partial charge is 0.495 e. The smallest absolute Gasteiger partial charge is 0.317 e. The number of rotatable bonds is 15. The number of aromatic nitrogens is 1. The number of piperazine rings is 1. The lowest BCUT2D eigenvalue weighted by Crippen LogP contribution is -2.59. The number of alkyl halides is 2. The highest BCUT2D eigenvalue weighted by atomic mass is 19.3. The number of fused-ring (bicyclic) bond motifs is 2. The SMILES string of the molecule is COc1cc2c(Oc3ccc(NC(=O)C4(C(=O)Nc5ccc(F)cc5)CC4)cc3)ccnc2cc1N1CCC(CN2CCN(CCNc3cccc4c3CN([C@H]3CCC(=O)NC3=O)C4=O)CC2(F)F)CC1. The van der Waals surface area contributed by atoms with Crippen LogP contribution in [-0.2, 0) is 25.7 Å². The Morgan fingerprint density at radius 1 is 0.859 bits per heavy atom. The molecular formula is C52H54F3N9O7. The third-order valence-corrected chi connectivity index (χ3v) is 14.4. The lowest BCUT2D eigenvalue weighted by atomic mass is 9.95. The van der Waals surface area contributed by atoms with Crippen LogP contribution in [0, 0.1) is 17.2 Å². The molecule has 10 rings (SSSR count). The van der Waals surface area contributed by atoms with Crippen molar-refractivity contribution in [3.05, 3.63) is 108 Å². The number of amides is 5. The second-order valence-electron chi connectivity index (χ2n) is 19.0. The van der Waals surface area contributed by atoms with Crippen LogP contribution in [0.2, 0.25) is 0 Å². The van der Waals surface area contributed by atoms with Gasteiger partial charge in [0, 0.05) is 98.6 Å². The van der Waals surface area contributed by atoms with Crippen LogP contribution in [0.5, 0.6) is 17.2 Å². The van der Waals surface area contributed by atoms with E-state index < -0.39 is 41.0 Å². The van der Waals surface area contributed by atoms with Gasteiger partial charge in [0.2, 0.25) is 23.6 Å². The molecule has 0 spiro atoms. The number of hydrogen-bond acceptors (Lipinski definition) is 12. The van der Waals surface area contributed by atoms with Gasteiger partial charge in [-0.2, -0.15) is 8.78 Å². The topological polar surface area (TPSA) is 178 Å². The molecular weight excluding hydrogens is 920 g/mol. The van der Waals surface area contributed by atoms with Crippen LogP contribution in [0.4, 0.5) is 35.9 Å². The van der Waals surface area contributed by atoms with Crippen molar-refractivity contribution in [1.29, 1.82) is 0 Å². The van der Waals surface area contributed by atoms with Gasteiger partial charge >= 0.3 is 6.05 Å². The first-order valence-corrected chi connectivity index (χ1v) is 24.0. The van der Waals surface area contributed by atoms with Crippen molar-refractivity contribution in [3.8, 4) is 17.2 Å². The summed E-state index contributed by atoms with van der Waals surface area (Å²) in [6, 6.07) is 19.4. The highest BCUT2D eigenvalue weighted by molar-refractivity contribution is 6.17. The maximum atomic E-state index is 15.8. The molecule has 3 saturated heterocycles. The summed E-state index contributed by atoms with van der Waals surface area (Å²) in [4.78, 5) is 75.1. The molecule has 5 aliphatic rings. The summed E-state index contributed by atoms with van der Waals surface area (Å²) in [7, 11) is 1.60. The summed E-state index contributed by atoms with van der Waals surface area (Å²) in [5.74, 6) is -0.613. The first-order chi connectivity index (χ1) is 34.3. The Kier molecular flexibility index (Phi) is 13.0. The van der Waals surface area contributed by atoms with Crippen LogP contribution in [0.1, 0.15) is 54.4 Å². The molecule has 1 aromatic heterocycles. The maximum Gasteiger partial charge on any atom is 0.317 e. The van der Waals surface area contributed by atoms with Gasteiger partial charge in [0.05, 0.1) is 24.9 Å². The summed E-state index contributed by atoms with van der Waals surface area (Å²) in [6.07, 6.45) is 4.35. The monoisotopic (exact) mass is 973 g/mol. The number of nitrogens with one attached hydrogen (secondary N) is 4. The molecule has 0 radical (unpaired) electrons. The van der Waals surface area contributed by atoms with Gasteiger partial charge in [-0.15, -0.1) is 0 Å². The Labute approximate surface area is 407 Å². The lowest BCUT2D eigenvalue weighted by Gasteiger charge is -2.43. The minimum Gasteiger partial charge on any atom is -0.495 e. The highest BCUT2D eigenvalue weighted by Crippen LogP contribution is 2.48. The van der Waals surface area contributed by atoms with Gasteiger partial charge in [-0.25, -0.2) is 9.29 Å². The zero-order valence-corrected chi connectivity index (χ0v) is 39.1. The molecule has 1 aliphatic carbocycles. The van der Waals surface area contributed by atoms with E-state index in [0.29, 0.717) is 91.8 Å². The molecule has 4 aromatic carbocycles. The zero-order chi connectivity index (χ0) is 49.4. The fraction of sp³-hybridized carbons (Fsp3) is 0.385. The Hall–Kier alpha value is -7.25. The van der Waals surface area contributed by atoms with E-state index in [-0.39, 0.29) is 50.2 Å². The number of benzene rings is 4. The van der Waals surface area contributed by atoms with Gasteiger partial charge < -0.3 is 35.2 Å². The van der Waals surface area contributed by atoms with Gasteiger partial charge in [0.1, 0.15) is 34.5 Å². The summed E-state index contributed by atoms with van der Waals surface area (Å²) in [5.41, 5.74) is 3.21. The molecule has 19 heteroatoms. The first kappa shape index (κ1) is 47.4. The quantitative estimate of drug-likeness (QED) is 0.0489. The van der Waals surface area contributed by atoms with Crippen molar-refractivity contribution in [2.75, 3.05) is 80.3 Å². The molecule has 4 fully saturated rings. The number of halogens is 3. The molecule has 0 bridgehead atoms. The molecule has 71 heavy (non-hydrogen) atoms. The number of hydrogen-bond donors (Lipinski definition) is 4. The Morgan fingerprint density at radius 3 is 2.25 bits per heavy atom. The van der Waals surface area contributed by atoms with Crippen LogP contribution in [0.25, 0.3) is 10.9 Å². The predicted molar refractivity (Wildman–Crippen MR) is 259 cm³/mol. The standard InChI is InChI=1S/C52H54F3N9O7/c1-70-45-27-38-41(56-20-15-44(38)71-36-11-9-35(10-12-36)59-50(69)51(18-19-51)49(68)58-34-7-5-33(53)6-8-34)28-43(45)62-22-16-32(17-23-62)29-63-26-25-61(31-52(63,54)55)24-21-57-40-4-2-3-37-39(40)30-64(48(37)67)42-13-14-46(65)60-47(42)66/h2-12,15,20,27-28,32,42,57H,13-14,16-19,21-26,29-31H2,1H3,(H,58,68)(H,59,69)(H,60,65,66)/t42-/m0/s1. The van der Waals surface area contributed by atoms with E-state index in [2.05, 4.69) is 31.2 Å². The van der Waals surface area contributed by atoms with E-state index in [1.165, 1.54) is 34.1 Å². The molecule has 4 aliphatic heterocycles. The highest BCUT2D eigenvalue weighted by Gasteiger charge is 2.56. The first-order valence-electron chi connectivity index (χ1n) is 24.0. The molecule has 5 heterocycles. The van der Waals surface area contributed by atoms with E-state index in [0.717, 1.165) is 35.2 Å². The van der Waals surface area contributed by atoms with Gasteiger partial charge in [-0.3, -0.25) is 39.2 Å². The predicted octanol–water partition coefficient (Wildman–Crippen LogP) is 6.83. The van der Waals surface area contributed by atoms with Crippen LogP contribution >= 0.6 is 0 Å². The van der Waals surface area contributed by atoms with Crippen molar-refractivity contribution in [1.82, 2.24) is 25.0 Å². The normalized spacial score (nSPS) is 20.1. The van der Waals surface area contributed by atoms with Gasteiger partial charge in [-0.05, 0) is 117 Å². The number of imide groups is 1. The molecule has 0 unspecified atom stereocenters. The van der Waals surface area contributed by atoms with E-state index in [9.17, 15) is 28.4 Å². The van der Waals surface area contributed by atoms with Crippen molar-refractivity contribution in [2.45, 2.75) is 57.2 Å². The zero-order valence-electron chi connectivity index (χ0n) is 39.1. The van der Waals surface area contributed by atoms with Crippen LogP contribution in [0.3, 0.4) is 0 Å². The molecule has 4 N–H and O–H groups in total. The molecule has 5 amide bonds. The number of piperidine rings is 2. The summed E-state index contributed by atoms with van der Waals surface area (Å²) < 4.78 is 57.0. The number of carbonyl (C=O) groups excluding carboxylic acids is 5. The van der Waals surface area contributed by atoms with E-state index >= 15 is 8.78 Å². The third kappa shape index (κ3) is 9.93. The van der Waals surface area contributed by atoms with Crippen molar-refractivity contribution >= 4 is 63.2 Å². The number of ether oxygens (including phenoxy) is 2. The number of nitrogens with zero attached hydrogens (tertiary/aromatic N) is 5.